The van der Waals surface area contributed by atoms with Crippen molar-refractivity contribution in [3.63, 3.8) is 0 Å². The first kappa shape index (κ1) is 22.0. The van der Waals surface area contributed by atoms with Crippen LogP contribution in [0.15, 0.2) is 53.7 Å². The Morgan fingerprint density at radius 1 is 1.17 bits per heavy atom. The average molecular weight is 449 g/mol. The van der Waals surface area contributed by atoms with Gasteiger partial charge in [0.25, 0.3) is 0 Å². The van der Waals surface area contributed by atoms with E-state index < -0.39 is 12.0 Å². The van der Waals surface area contributed by atoms with E-state index in [9.17, 15) is 9.59 Å². The van der Waals surface area contributed by atoms with Gasteiger partial charge < -0.3 is 14.8 Å². The van der Waals surface area contributed by atoms with Crippen LogP contribution in [-0.4, -0.2) is 37.2 Å². The van der Waals surface area contributed by atoms with E-state index in [2.05, 4.69) is 5.32 Å². The number of hydrogen-bond donors (Lipinski definition) is 1. The zero-order valence-corrected chi connectivity index (χ0v) is 18.4. The summed E-state index contributed by atoms with van der Waals surface area (Å²) in [5, 5.41) is 3.60. The third-order valence-corrected chi connectivity index (χ3v) is 5.30. The van der Waals surface area contributed by atoms with Crippen molar-refractivity contribution < 1.29 is 19.1 Å². The molecule has 0 unspecified atom stereocenters. The normalized spacial score (nSPS) is 16.4. The highest BCUT2D eigenvalue weighted by Gasteiger charge is 2.37. The number of urea groups is 1. The number of carbonyl (C=O) groups is 2. The Labute approximate surface area is 185 Å². The Bertz CT molecular complexity index is 989. The van der Waals surface area contributed by atoms with Gasteiger partial charge in [-0.2, -0.15) is 0 Å². The van der Waals surface area contributed by atoms with Gasteiger partial charge in [0.1, 0.15) is 12.4 Å². The van der Waals surface area contributed by atoms with Gasteiger partial charge in [0.15, 0.2) is 0 Å². The molecule has 6 nitrogen and oxygen atoms in total. The lowest BCUT2D eigenvalue weighted by Gasteiger charge is -2.34. The lowest BCUT2D eigenvalue weighted by atomic mass is 9.94. The second-order valence-electron chi connectivity index (χ2n) is 6.79. The Kier molecular flexibility index (Phi) is 6.90. The van der Waals surface area contributed by atoms with Crippen molar-refractivity contribution in [3.05, 3.63) is 74.9 Å². The summed E-state index contributed by atoms with van der Waals surface area (Å²) in [6.45, 7) is 3.89. The van der Waals surface area contributed by atoms with Gasteiger partial charge in [0.2, 0.25) is 0 Å². The largest absolute Gasteiger partial charge is 0.487 e. The zero-order valence-electron chi connectivity index (χ0n) is 16.9. The molecule has 2 aromatic rings. The number of aryl methyl sites for hydroxylation is 1. The number of carbonyl (C=O) groups excluding carboxylic acids is 2. The van der Waals surface area contributed by atoms with Crippen molar-refractivity contribution >= 4 is 35.2 Å². The quantitative estimate of drug-likeness (QED) is 0.638. The van der Waals surface area contributed by atoms with Gasteiger partial charge in [0.05, 0.1) is 23.9 Å². The Morgan fingerprint density at radius 3 is 2.50 bits per heavy atom. The molecule has 1 aliphatic rings. The van der Waals surface area contributed by atoms with E-state index >= 15 is 0 Å². The number of halogens is 2. The molecular weight excluding hydrogens is 427 g/mol. The van der Waals surface area contributed by atoms with Crippen molar-refractivity contribution in [1.29, 1.82) is 0 Å². The smallest absolute Gasteiger partial charge is 0.338 e. The summed E-state index contributed by atoms with van der Waals surface area (Å²) in [5.41, 5.74) is 2.29. The fourth-order valence-corrected chi connectivity index (χ4v) is 3.65. The molecule has 0 bridgehead atoms. The number of benzene rings is 2. The van der Waals surface area contributed by atoms with E-state index in [4.69, 9.17) is 32.7 Å². The van der Waals surface area contributed by atoms with Gasteiger partial charge in [-0.15, -0.1) is 0 Å². The van der Waals surface area contributed by atoms with Gasteiger partial charge >= 0.3 is 12.0 Å². The molecule has 1 N–H and O–H groups in total. The molecule has 0 spiro atoms. The minimum Gasteiger partial charge on any atom is -0.487 e. The van der Waals surface area contributed by atoms with E-state index in [1.165, 1.54) is 4.90 Å². The van der Waals surface area contributed by atoms with Gasteiger partial charge in [-0.3, -0.25) is 4.90 Å². The number of hydrogen-bond acceptors (Lipinski definition) is 4. The minimum absolute atomic E-state index is 0.00281. The van der Waals surface area contributed by atoms with Crippen LogP contribution in [-0.2, 0) is 9.53 Å². The van der Waals surface area contributed by atoms with Gasteiger partial charge in [0, 0.05) is 17.1 Å². The minimum atomic E-state index is -0.797. The van der Waals surface area contributed by atoms with E-state index in [-0.39, 0.29) is 24.8 Å². The van der Waals surface area contributed by atoms with Gasteiger partial charge in [-0.25, -0.2) is 9.59 Å². The summed E-state index contributed by atoms with van der Waals surface area (Å²) in [4.78, 5) is 26.9. The van der Waals surface area contributed by atoms with Crippen LogP contribution in [0, 0.1) is 6.92 Å². The molecule has 0 aliphatic carbocycles. The van der Waals surface area contributed by atoms with Crippen molar-refractivity contribution in [1.82, 2.24) is 10.2 Å². The Morgan fingerprint density at radius 2 is 1.87 bits per heavy atom. The summed E-state index contributed by atoms with van der Waals surface area (Å²) in [7, 11) is 1.57. The monoisotopic (exact) mass is 448 g/mol. The average Bonchev–Trinajstić information content (AvgIpc) is 2.70. The van der Waals surface area contributed by atoms with E-state index in [0.717, 1.165) is 5.56 Å². The van der Waals surface area contributed by atoms with E-state index in [1.54, 1.807) is 32.2 Å². The van der Waals surface area contributed by atoms with Crippen LogP contribution in [0.1, 0.15) is 24.1 Å². The van der Waals surface area contributed by atoms with Crippen LogP contribution in [0.3, 0.4) is 0 Å². The molecule has 0 saturated heterocycles. The molecule has 1 atom stereocenters. The number of ether oxygens (including phenoxy) is 2. The number of rotatable bonds is 6. The highest BCUT2D eigenvalue weighted by atomic mass is 35.5. The third kappa shape index (κ3) is 4.71. The van der Waals surface area contributed by atoms with Crippen molar-refractivity contribution in [3.8, 4) is 5.75 Å². The standard InChI is InChI=1S/C22H22Cl2N2O4/c1-4-29-21(27)19-18(12-30-15-8-5-13(2)6-9-15)26(3)22(28)25-20(19)16-10-7-14(23)11-17(16)24/h5-11,20H,4,12H2,1-3H3,(H,25,28)/t20-/m0/s1. The second kappa shape index (κ2) is 9.41. The molecule has 2 amide bonds. The maximum atomic E-state index is 12.9. The van der Waals surface area contributed by atoms with Crippen molar-refractivity contribution in [2.24, 2.45) is 0 Å². The fourth-order valence-electron chi connectivity index (χ4n) is 3.14. The molecule has 2 aromatic carbocycles. The van der Waals surface area contributed by atoms with Crippen molar-refractivity contribution in [2.75, 3.05) is 20.3 Å². The van der Waals surface area contributed by atoms with Crippen LogP contribution < -0.4 is 10.1 Å². The maximum Gasteiger partial charge on any atom is 0.338 e. The number of esters is 1. The molecule has 0 fully saturated rings. The zero-order chi connectivity index (χ0) is 21.8. The van der Waals surface area contributed by atoms with Crippen LogP contribution in [0.25, 0.3) is 0 Å². The van der Waals surface area contributed by atoms with Gasteiger partial charge in [-0.1, -0.05) is 47.0 Å². The van der Waals surface area contributed by atoms with Gasteiger partial charge in [-0.05, 0) is 43.7 Å². The number of nitrogens with one attached hydrogen (secondary N) is 1. The van der Waals surface area contributed by atoms with Crippen LogP contribution in [0.2, 0.25) is 10.0 Å². The highest BCUT2D eigenvalue weighted by molar-refractivity contribution is 6.35. The van der Waals surface area contributed by atoms with E-state index in [0.29, 0.717) is 27.1 Å². The summed E-state index contributed by atoms with van der Waals surface area (Å²) >= 11 is 12.4. The molecule has 8 heteroatoms. The molecular formula is C22H22Cl2N2O4. The summed E-state index contributed by atoms with van der Waals surface area (Å²) in [6.07, 6.45) is 0. The van der Waals surface area contributed by atoms with Crippen LogP contribution in [0.4, 0.5) is 4.79 Å². The lowest BCUT2D eigenvalue weighted by Crippen LogP contribution is -2.48. The Hall–Kier alpha value is -2.70. The molecule has 1 heterocycles. The highest BCUT2D eigenvalue weighted by Crippen LogP contribution is 2.35. The molecule has 0 saturated carbocycles. The van der Waals surface area contributed by atoms with Crippen LogP contribution >= 0.6 is 23.2 Å². The first-order valence-corrected chi connectivity index (χ1v) is 10.2. The first-order chi connectivity index (χ1) is 14.3. The molecule has 30 heavy (non-hydrogen) atoms. The number of likely N-dealkylation sites (N-methyl/N-ethyl adjacent to an activating group) is 1. The summed E-state index contributed by atoms with van der Waals surface area (Å²) in [5.74, 6) is 0.0691. The topological polar surface area (TPSA) is 67.9 Å². The number of amides is 2. The van der Waals surface area contributed by atoms with Crippen molar-refractivity contribution in [2.45, 2.75) is 19.9 Å². The fraction of sp³-hybridized carbons (Fsp3) is 0.273. The molecule has 3 rings (SSSR count). The van der Waals surface area contributed by atoms with E-state index in [1.807, 2.05) is 31.2 Å². The molecule has 158 valence electrons. The second-order valence-corrected chi connectivity index (χ2v) is 7.63. The third-order valence-electron chi connectivity index (χ3n) is 4.74. The Balaban J connectivity index is 2.05. The molecule has 0 radical (unpaired) electrons. The van der Waals surface area contributed by atoms with Crippen LogP contribution in [0.5, 0.6) is 5.75 Å². The summed E-state index contributed by atoms with van der Waals surface area (Å²) in [6, 6.07) is 11.2. The SMILES string of the molecule is CCOC(=O)C1=C(COc2ccc(C)cc2)N(C)C(=O)N[C@H]1c1ccc(Cl)cc1Cl. The first-order valence-electron chi connectivity index (χ1n) is 9.40. The maximum absolute atomic E-state index is 12.9. The summed E-state index contributed by atoms with van der Waals surface area (Å²) < 4.78 is 11.1. The molecule has 1 aliphatic heterocycles. The number of nitrogens with zero attached hydrogens (tertiary/aromatic N) is 1. The molecule has 0 aromatic heterocycles. The predicted molar refractivity (Wildman–Crippen MR) is 116 cm³/mol. The predicted octanol–water partition coefficient (Wildman–Crippen LogP) is 4.89. The lowest BCUT2D eigenvalue weighted by molar-refractivity contribution is -0.139.